The van der Waals surface area contributed by atoms with Gasteiger partial charge >= 0.3 is 17.9 Å². The van der Waals surface area contributed by atoms with Crippen LogP contribution in [-0.4, -0.2) is 55.7 Å². The third-order valence-electron chi connectivity index (χ3n) is 13.8. The first kappa shape index (κ1) is 36.4. The number of hydrogen-bond acceptors (Lipinski definition) is 8. The minimum absolute atomic E-state index is 0.153. The molecule has 266 valence electrons. The first-order chi connectivity index (χ1) is 22.2. The fraction of sp³-hybridized carbons (Fsp3) is 0.872. The van der Waals surface area contributed by atoms with Gasteiger partial charge in [0.15, 0.2) is 24.6 Å². The molecule has 0 radical (unpaired) electrons. The molecule has 0 amide bonds. The summed E-state index contributed by atoms with van der Waals surface area (Å²) < 4.78 is 28.3. The molecule has 1 saturated heterocycles. The summed E-state index contributed by atoms with van der Waals surface area (Å²) in [5.41, 5.74) is 2.08. The molecule has 0 aromatic carbocycles. The van der Waals surface area contributed by atoms with Gasteiger partial charge in [0.05, 0.1) is 13.2 Å². The number of carbonyl (C=O) groups is 3. The Hall–Kier alpha value is -1.93. The van der Waals surface area contributed by atoms with Crippen molar-refractivity contribution in [1.29, 1.82) is 0 Å². The van der Waals surface area contributed by atoms with Crippen molar-refractivity contribution in [2.24, 2.45) is 52.3 Å². The number of methoxy groups -OCH3 is 1. The van der Waals surface area contributed by atoms with Gasteiger partial charge in [0, 0.05) is 13.8 Å². The lowest BCUT2D eigenvalue weighted by atomic mass is 9.47. The van der Waals surface area contributed by atoms with Gasteiger partial charge in [0.25, 0.3) is 0 Å². The van der Waals surface area contributed by atoms with Crippen LogP contribution in [-0.2, 0) is 38.1 Å². The van der Waals surface area contributed by atoms with Gasteiger partial charge in [-0.25, -0.2) is 4.79 Å². The molecule has 0 unspecified atom stereocenters. The van der Waals surface area contributed by atoms with E-state index < -0.39 is 42.5 Å². The summed E-state index contributed by atoms with van der Waals surface area (Å²) >= 11 is 0. The van der Waals surface area contributed by atoms with Crippen LogP contribution in [0.25, 0.3) is 0 Å². The summed E-state index contributed by atoms with van der Waals surface area (Å²) in [7, 11) is 1.24. The van der Waals surface area contributed by atoms with Gasteiger partial charge in [-0.05, 0) is 110 Å². The van der Waals surface area contributed by atoms with Crippen molar-refractivity contribution < 1.29 is 38.1 Å². The second kappa shape index (κ2) is 14.5. The van der Waals surface area contributed by atoms with Gasteiger partial charge in [-0.2, -0.15) is 0 Å². The number of esters is 3. The van der Waals surface area contributed by atoms with Crippen LogP contribution >= 0.6 is 0 Å². The molecule has 0 aromatic heterocycles. The smallest absolute Gasteiger partial charge is 0.339 e. The molecular formula is C39H62O8. The Morgan fingerprint density at radius 2 is 1.64 bits per heavy atom. The second-order valence-electron chi connectivity index (χ2n) is 16.6. The van der Waals surface area contributed by atoms with Crippen molar-refractivity contribution in [2.45, 2.75) is 157 Å². The Morgan fingerprint density at radius 3 is 2.28 bits per heavy atom. The molecule has 8 nitrogen and oxygen atoms in total. The van der Waals surface area contributed by atoms with E-state index in [1.807, 2.05) is 0 Å². The highest BCUT2D eigenvalue weighted by atomic mass is 16.7. The molecule has 0 N–H and O–H groups in total. The van der Waals surface area contributed by atoms with E-state index in [1.54, 1.807) is 0 Å². The summed E-state index contributed by atoms with van der Waals surface area (Å²) in [4.78, 5) is 36.5. The van der Waals surface area contributed by atoms with E-state index in [4.69, 9.17) is 23.7 Å². The molecular weight excluding hydrogens is 596 g/mol. The monoisotopic (exact) mass is 658 g/mol. The minimum atomic E-state index is -1.24. The average molecular weight is 659 g/mol. The standard InChI is InChI=1S/C39H62O8/c1-10-26(22(2)3)12-11-23(4)30-15-16-31-29-14-13-27-21-28(17-19-38(27,7)32(29)18-20-39(30,31)8)46-37-35(45-25(6)41)33(44-24(5)40)34(47-37)36(42)43-9/h13,22-23,26,28-35,37H,10-12,14-21H2,1-9H3/t23-,26-,28+,29+,30-,31+,32+,33-,34+,35-,37+,38+,39-/m1/s1. The minimum Gasteiger partial charge on any atom is -0.467 e. The van der Waals surface area contributed by atoms with Gasteiger partial charge in [0.1, 0.15) is 0 Å². The maximum absolute atomic E-state index is 12.6. The number of hydrogen-bond donors (Lipinski definition) is 0. The molecule has 1 heterocycles. The molecule has 47 heavy (non-hydrogen) atoms. The summed E-state index contributed by atoms with van der Waals surface area (Å²) in [6.45, 7) is 17.4. The van der Waals surface area contributed by atoms with Gasteiger partial charge < -0.3 is 23.7 Å². The second-order valence-corrected chi connectivity index (χ2v) is 16.6. The first-order valence-electron chi connectivity index (χ1n) is 18.7. The molecule has 1 aliphatic heterocycles. The first-order valence-corrected chi connectivity index (χ1v) is 18.7. The molecule has 0 spiro atoms. The maximum Gasteiger partial charge on any atom is 0.339 e. The Bertz CT molecular complexity index is 1180. The number of rotatable bonds is 11. The average Bonchev–Trinajstić information content (AvgIpc) is 3.53. The Balaban J connectivity index is 1.27. The van der Waals surface area contributed by atoms with E-state index in [0.29, 0.717) is 11.3 Å². The molecule has 4 fully saturated rings. The van der Waals surface area contributed by atoms with Crippen LogP contribution in [0.15, 0.2) is 11.6 Å². The van der Waals surface area contributed by atoms with E-state index in [9.17, 15) is 14.4 Å². The van der Waals surface area contributed by atoms with Crippen molar-refractivity contribution in [3.8, 4) is 0 Å². The van der Waals surface area contributed by atoms with E-state index in [2.05, 4.69) is 47.6 Å². The largest absolute Gasteiger partial charge is 0.467 e. The fourth-order valence-corrected chi connectivity index (χ4v) is 11.3. The van der Waals surface area contributed by atoms with Gasteiger partial charge in [-0.15, -0.1) is 0 Å². The third-order valence-corrected chi connectivity index (χ3v) is 13.8. The highest BCUT2D eigenvalue weighted by Gasteiger charge is 2.60. The summed E-state index contributed by atoms with van der Waals surface area (Å²) in [6.07, 6.45) is 11.1. The quantitative estimate of drug-likeness (QED) is 0.126. The van der Waals surface area contributed by atoms with E-state index >= 15 is 0 Å². The predicted octanol–water partition coefficient (Wildman–Crippen LogP) is 7.81. The van der Waals surface area contributed by atoms with Gasteiger partial charge in [-0.1, -0.05) is 66.0 Å². The fourth-order valence-electron chi connectivity index (χ4n) is 11.3. The van der Waals surface area contributed by atoms with Crippen molar-refractivity contribution in [1.82, 2.24) is 0 Å². The van der Waals surface area contributed by atoms with E-state index in [1.165, 1.54) is 71.5 Å². The predicted molar refractivity (Wildman–Crippen MR) is 179 cm³/mol. The number of allylic oxidation sites excluding steroid dienone is 1. The van der Waals surface area contributed by atoms with Crippen LogP contribution in [0.2, 0.25) is 0 Å². The van der Waals surface area contributed by atoms with Crippen LogP contribution < -0.4 is 0 Å². The van der Waals surface area contributed by atoms with Crippen LogP contribution in [0.5, 0.6) is 0 Å². The highest BCUT2D eigenvalue weighted by molar-refractivity contribution is 5.77. The molecule has 8 heteroatoms. The van der Waals surface area contributed by atoms with E-state index in [-0.39, 0.29) is 11.5 Å². The number of ether oxygens (including phenoxy) is 5. The zero-order valence-corrected chi connectivity index (χ0v) is 30.5. The topological polar surface area (TPSA) is 97.4 Å². The van der Waals surface area contributed by atoms with Crippen molar-refractivity contribution in [2.75, 3.05) is 7.11 Å². The molecule has 5 aliphatic rings. The highest BCUT2D eigenvalue weighted by Crippen LogP contribution is 2.67. The zero-order chi connectivity index (χ0) is 34.3. The van der Waals surface area contributed by atoms with Crippen molar-refractivity contribution in [3.05, 3.63) is 11.6 Å². The summed E-state index contributed by atoms with van der Waals surface area (Å²) in [5.74, 6) is 3.60. The van der Waals surface area contributed by atoms with Crippen molar-refractivity contribution >= 4 is 17.9 Å². The normalized spacial score (nSPS) is 40.8. The zero-order valence-electron chi connectivity index (χ0n) is 30.5. The molecule has 0 bridgehead atoms. The van der Waals surface area contributed by atoms with Crippen LogP contribution in [0.3, 0.4) is 0 Å². The number of fused-ring (bicyclic) bond motifs is 5. The van der Waals surface area contributed by atoms with Crippen molar-refractivity contribution in [3.63, 3.8) is 0 Å². The van der Waals surface area contributed by atoms with E-state index in [0.717, 1.165) is 61.2 Å². The maximum atomic E-state index is 12.6. The lowest BCUT2D eigenvalue weighted by Gasteiger charge is -2.58. The van der Waals surface area contributed by atoms with Crippen LogP contribution in [0.1, 0.15) is 126 Å². The lowest BCUT2D eigenvalue weighted by Crippen LogP contribution is -2.51. The molecule has 13 atom stereocenters. The van der Waals surface area contributed by atoms with Crippen LogP contribution in [0, 0.1) is 52.3 Å². The molecule has 5 rings (SSSR count). The van der Waals surface area contributed by atoms with Crippen LogP contribution in [0.4, 0.5) is 0 Å². The third kappa shape index (κ3) is 7.07. The molecule has 3 saturated carbocycles. The SMILES string of the molecule is CC[C@H](CC[C@@H](C)[C@H]1CC[C@H]2[C@@H]3CC=C4C[C@@H](O[C@H]5O[C@H](C(=O)OC)[C@@H](OC(C)=O)[C@H]5OC(C)=O)CC[C@]4(C)[C@H]3CC[C@]12C)C(C)C. The molecule has 4 aliphatic carbocycles. The summed E-state index contributed by atoms with van der Waals surface area (Å²) in [5, 5.41) is 0. The molecule has 0 aromatic rings. The summed E-state index contributed by atoms with van der Waals surface area (Å²) in [6, 6.07) is 0. The van der Waals surface area contributed by atoms with Gasteiger partial charge in [-0.3, -0.25) is 9.59 Å². The lowest BCUT2D eigenvalue weighted by molar-refractivity contribution is -0.211. The Morgan fingerprint density at radius 1 is 0.936 bits per heavy atom. The Labute approximate surface area is 283 Å². The van der Waals surface area contributed by atoms with Gasteiger partial charge in [0.2, 0.25) is 0 Å². The Kier molecular flexibility index (Phi) is 11.2. The number of carbonyl (C=O) groups excluding carboxylic acids is 3.